The molecule has 0 spiro atoms. The number of para-hydroxylation sites is 2. The van der Waals surface area contributed by atoms with Gasteiger partial charge >= 0.3 is 0 Å². The first-order valence-electron chi connectivity index (χ1n) is 14.6. The number of aromatic nitrogens is 5. The van der Waals surface area contributed by atoms with E-state index in [9.17, 15) is 4.79 Å². The van der Waals surface area contributed by atoms with Crippen LogP contribution in [0, 0.1) is 0 Å². The van der Waals surface area contributed by atoms with Gasteiger partial charge in [-0.25, -0.2) is 0 Å². The minimum atomic E-state index is -1.10. The summed E-state index contributed by atoms with van der Waals surface area (Å²) in [4.78, 5) is 20.1. The maximum absolute atomic E-state index is 13.4. The summed E-state index contributed by atoms with van der Waals surface area (Å²) in [5, 5.41) is 14.8. The Morgan fingerprint density at radius 3 is 2.34 bits per heavy atom. The van der Waals surface area contributed by atoms with Crippen LogP contribution in [0.25, 0.3) is 21.8 Å². The summed E-state index contributed by atoms with van der Waals surface area (Å²) in [6.07, 6.45) is 5.35. The number of rotatable bonds is 11. The number of carbonyl (C=O) groups is 1. The molecule has 5 N–H and O–H groups in total. The summed E-state index contributed by atoms with van der Waals surface area (Å²) in [6.45, 7) is 3.79. The summed E-state index contributed by atoms with van der Waals surface area (Å²) in [6, 6.07) is 21.4. The third kappa shape index (κ3) is 5.63. The van der Waals surface area contributed by atoms with Gasteiger partial charge in [-0.2, -0.15) is 0 Å². The summed E-state index contributed by atoms with van der Waals surface area (Å²) in [5.74, 6) is 2.46. The van der Waals surface area contributed by atoms with E-state index in [-0.39, 0.29) is 5.91 Å². The number of hydrogen-bond donors (Lipinski definition) is 4. The van der Waals surface area contributed by atoms with Crippen molar-refractivity contribution in [3.63, 3.8) is 0 Å². The second-order valence-electron chi connectivity index (χ2n) is 11.5. The fourth-order valence-corrected chi connectivity index (χ4v) is 5.59. The number of ether oxygens (including phenoxy) is 2. The molecule has 0 aliphatic carbocycles. The molecule has 6 rings (SSSR count). The van der Waals surface area contributed by atoms with Crippen LogP contribution in [0.4, 0.5) is 0 Å². The minimum Gasteiger partial charge on any atom is -0.497 e. The SMILES string of the molecule is COc1ccc(Cn2c(CCc3c[nH]c4ccccc34)nnc2[C@H](NC(=O)C(C)(C)N)c2c[nH]c3ccccc23)c(OC)c1. The molecule has 3 aromatic heterocycles. The number of nitrogens with zero attached hydrogens (tertiary/aromatic N) is 3. The van der Waals surface area contributed by atoms with Crippen LogP contribution in [-0.4, -0.2) is 50.4 Å². The van der Waals surface area contributed by atoms with E-state index in [1.165, 1.54) is 10.9 Å². The van der Waals surface area contributed by atoms with Crippen LogP contribution in [0.5, 0.6) is 11.5 Å². The summed E-state index contributed by atoms with van der Waals surface area (Å²) >= 11 is 0. The number of nitrogens with two attached hydrogens (primary N) is 1. The Balaban J connectivity index is 1.46. The van der Waals surface area contributed by atoms with Crippen LogP contribution in [0.3, 0.4) is 0 Å². The Hall–Kier alpha value is -5.09. The average molecular weight is 592 g/mol. The third-order valence-corrected chi connectivity index (χ3v) is 8.02. The molecule has 0 saturated carbocycles. The quantitative estimate of drug-likeness (QED) is 0.167. The van der Waals surface area contributed by atoms with Gasteiger partial charge in [-0.1, -0.05) is 36.4 Å². The number of amides is 1. The monoisotopic (exact) mass is 591 g/mol. The lowest BCUT2D eigenvalue weighted by Gasteiger charge is -2.25. The largest absolute Gasteiger partial charge is 0.497 e. The van der Waals surface area contributed by atoms with Gasteiger partial charge in [0.1, 0.15) is 23.4 Å². The molecule has 0 bridgehead atoms. The van der Waals surface area contributed by atoms with Crippen molar-refractivity contribution < 1.29 is 14.3 Å². The van der Waals surface area contributed by atoms with Crippen molar-refractivity contribution in [3.05, 3.63) is 107 Å². The van der Waals surface area contributed by atoms with Gasteiger partial charge in [0.2, 0.25) is 5.91 Å². The first-order valence-corrected chi connectivity index (χ1v) is 14.6. The molecule has 0 aliphatic rings. The van der Waals surface area contributed by atoms with Crippen LogP contribution < -0.4 is 20.5 Å². The van der Waals surface area contributed by atoms with E-state index in [1.54, 1.807) is 28.1 Å². The van der Waals surface area contributed by atoms with Crippen LogP contribution in [0.1, 0.15) is 48.2 Å². The van der Waals surface area contributed by atoms with Gasteiger partial charge in [-0.15, -0.1) is 10.2 Å². The standard InChI is InChI=1S/C34H37N7O3/c1-34(2,35)33(42)38-31(26-19-37-28-12-8-6-10-25(26)28)32-40-39-30(16-14-21-18-36-27-11-7-5-9-24(21)27)41(32)20-22-13-15-23(43-3)17-29(22)44-4/h5-13,15,17-19,31,36-37H,14,16,20,35H2,1-4H3,(H,38,42)/t31-/m1/s1. The molecule has 226 valence electrons. The van der Waals surface area contributed by atoms with Gasteiger partial charge in [0, 0.05) is 57.8 Å². The van der Waals surface area contributed by atoms with E-state index in [0.717, 1.165) is 39.8 Å². The molecule has 10 heteroatoms. The van der Waals surface area contributed by atoms with Crippen molar-refractivity contribution in [2.45, 2.75) is 44.8 Å². The van der Waals surface area contributed by atoms with Gasteiger partial charge in [0.25, 0.3) is 0 Å². The molecule has 0 aliphatic heterocycles. The maximum atomic E-state index is 13.4. The molecule has 3 heterocycles. The number of aromatic amines is 2. The van der Waals surface area contributed by atoms with Crippen molar-refractivity contribution in [1.29, 1.82) is 0 Å². The second kappa shape index (κ2) is 11.9. The van der Waals surface area contributed by atoms with Crippen LogP contribution >= 0.6 is 0 Å². The van der Waals surface area contributed by atoms with Crippen LogP contribution in [0.2, 0.25) is 0 Å². The maximum Gasteiger partial charge on any atom is 0.240 e. The van der Waals surface area contributed by atoms with Crippen molar-refractivity contribution in [1.82, 2.24) is 30.0 Å². The highest BCUT2D eigenvalue weighted by atomic mass is 16.5. The van der Waals surface area contributed by atoms with Crippen molar-refractivity contribution in [2.24, 2.45) is 5.73 Å². The molecular weight excluding hydrogens is 554 g/mol. The number of carbonyl (C=O) groups excluding carboxylic acids is 1. The van der Waals surface area contributed by atoms with Gasteiger partial charge in [-0.3, -0.25) is 4.79 Å². The summed E-state index contributed by atoms with van der Waals surface area (Å²) in [5.41, 5.74) is 10.2. The van der Waals surface area contributed by atoms with Crippen LogP contribution in [0.15, 0.2) is 79.1 Å². The Morgan fingerprint density at radius 2 is 1.61 bits per heavy atom. The molecule has 10 nitrogen and oxygen atoms in total. The lowest BCUT2D eigenvalue weighted by Crippen LogP contribution is -2.50. The smallest absolute Gasteiger partial charge is 0.240 e. The van der Waals surface area contributed by atoms with Gasteiger partial charge in [-0.05, 0) is 50.1 Å². The Morgan fingerprint density at radius 1 is 0.909 bits per heavy atom. The number of fused-ring (bicyclic) bond motifs is 2. The Labute approximate surface area is 255 Å². The molecule has 0 radical (unpaired) electrons. The first kappa shape index (κ1) is 29.0. The van der Waals surface area contributed by atoms with E-state index < -0.39 is 11.6 Å². The molecule has 0 unspecified atom stereocenters. The van der Waals surface area contributed by atoms with E-state index >= 15 is 0 Å². The van der Waals surface area contributed by atoms with E-state index in [2.05, 4.69) is 38.2 Å². The average Bonchev–Trinajstić information content (AvgIpc) is 3.75. The number of H-pyrrole nitrogens is 2. The normalized spacial score (nSPS) is 12.5. The summed E-state index contributed by atoms with van der Waals surface area (Å²) < 4.78 is 13.3. The highest BCUT2D eigenvalue weighted by Gasteiger charge is 2.31. The molecular formula is C34H37N7O3. The summed E-state index contributed by atoms with van der Waals surface area (Å²) in [7, 11) is 3.27. The van der Waals surface area contributed by atoms with E-state index in [0.29, 0.717) is 30.3 Å². The third-order valence-electron chi connectivity index (χ3n) is 8.02. The lowest BCUT2D eigenvalue weighted by atomic mass is 10.0. The lowest BCUT2D eigenvalue weighted by molar-refractivity contribution is -0.125. The molecule has 3 aromatic carbocycles. The van der Waals surface area contributed by atoms with Crippen molar-refractivity contribution in [2.75, 3.05) is 14.2 Å². The highest BCUT2D eigenvalue weighted by Crippen LogP contribution is 2.32. The number of nitrogens with one attached hydrogen (secondary N) is 3. The van der Waals surface area contributed by atoms with E-state index in [1.807, 2.05) is 60.8 Å². The minimum absolute atomic E-state index is 0.301. The molecule has 0 fully saturated rings. The predicted molar refractivity (Wildman–Crippen MR) is 171 cm³/mol. The zero-order valence-electron chi connectivity index (χ0n) is 25.3. The first-order chi connectivity index (χ1) is 21.3. The van der Waals surface area contributed by atoms with Gasteiger partial charge < -0.3 is 35.1 Å². The predicted octanol–water partition coefficient (Wildman–Crippen LogP) is 5.03. The van der Waals surface area contributed by atoms with E-state index in [4.69, 9.17) is 25.4 Å². The van der Waals surface area contributed by atoms with Crippen molar-refractivity contribution in [3.8, 4) is 11.5 Å². The number of aryl methyl sites for hydroxylation is 2. The fraction of sp³-hybridized carbons (Fsp3) is 0.265. The molecule has 1 amide bonds. The highest BCUT2D eigenvalue weighted by molar-refractivity contribution is 5.88. The zero-order chi connectivity index (χ0) is 30.8. The van der Waals surface area contributed by atoms with Gasteiger partial charge in [0.15, 0.2) is 5.82 Å². The van der Waals surface area contributed by atoms with Crippen molar-refractivity contribution >= 4 is 27.7 Å². The Bertz CT molecular complexity index is 1930. The number of benzene rings is 3. The fourth-order valence-electron chi connectivity index (χ4n) is 5.59. The zero-order valence-corrected chi connectivity index (χ0v) is 25.3. The second-order valence-corrected chi connectivity index (χ2v) is 11.5. The number of methoxy groups -OCH3 is 2. The van der Waals surface area contributed by atoms with Crippen LogP contribution in [-0.2, 0) is 24.2 Å². The number of hydrogen-bond acceptors (Lipinski definition) is 6. The van der Waals surface area contributed by atoms with Gasteiger partial charge in [0.05, 0.1) is 26.3 Å². The molecule has 1 atom stereocenters. The molecule has 0 saturated heterocycles. The topological polar surface area (TPSA) is 136 Å². The Kier molecular flexibility index (Phi) is 7.84. The molecule has 44 heavy (non-hydrogen) atoms. The molecule has 6 aromatic rings.